The molecule has 2 unspecified atom stereocenters. The molecular formula is C13H27NO. The van der Waals surface area contributed by atoms with Crippen LogP contribution in [-0.4, -0.2) is 25.8 Å². The summed E-state index contributed by atoms with van der Waals surface area (Å²) >= 11 is 0. The summed E-state index contributed by atoms with van der Waals surface area (Å²) < 4.78 is 5.29. The van der Waals surface area contributed by atoms with Crippen LogP contribution >= 0.6 is 0 Å². The minimum atomic E-state index is 0.409. The molecule has 2 nitrogen and oxygen atoms in total. The van der Waals surface area contributed by atoms with E-state index in [9.17, 15) is 0 Å². The number of rotatable bonds is 9. The first kappa shape index (κ1) is 13.0. The van der Waals surface area contributed by atoms with Crippen molar-refractivity contribution in [3.63, 3.8) is 0 Å². The van der Waals surface area contributed by atoms with E-state index < -0.39 is 0 Å². The summed E-state index contributed by atoms with van der Waals surface area (Å²) in [7, 11) is 1.80. The van der Waals surface area contributed by atoms with Gasteiger partial charge in [-0.1, -0.05) is 19.8 Å². The molecule has 0 amide bonds. The molecule has 0 spiro atoms. The van der Waals surface area contributed by atoms with E-state index in [1.165, 1.54) is 38.5 Å². The minimum absolute atomic E-state index is 0.409. The first-order chi connectivity index (χ1) is 7.26. The van der Waals surface area contributed by atoms with Crippen LogP contribution < -0.4 is 5.32 Å². The Morgan fingerprint density at radius 2 is 2.00 bits per heavy atom. The molecule has 2 heteroatoms. The van der Waals surface area contributed by atoms with E-state index in [1.54, 1.807) is 7.11 Å². The van der Waals surface area contributed by atoms with Gasteiger partial charge in [-0.15, -0.1) is 0 Å². The maximum Gasteiger partial charge on any atom is 0.0543 e. The number of nitrogens with one attached hydrogen (secondary N) is 1. The quantitative estimate of drug-likeness (QED) is 0.636. The topological polar surface area (TPSA) is 21.3 Å². The molecule has 0 heterocycles. The predicted molar refractivity (Wildman–Crippen MR) is 65.1 cm³/mol. The molecule has 0 aromatic rings. The van der Waals surface area contributed by atoms with Crippen molar-refractivity contribution in [2.45, 2.75) is 64.5 Å². The van der Waals surface area contributed by atoms with E-state index in [0.29, 0.717) is 12.1 Å². The normalized spacial score (nSPS) is 20.2. The maximum absolute atomic E-state index is 5.29. The zero-order valence-electron chi connectivity index (χ0n) is 10.6. The molecule has 15 heavy (non-hydrogen) atoms. The van der Waals surface area contributed by atoms with Crippen molar-refractivity contribution in [1.82, 2.24) is 5.32 Å². The maximum atomic E-state index is 5.29. The smallest absolute Gasteiger partial charge is 0.0543 e. The first-order valence-corrected chi connectivity index (χ1v) is 6.52. The Morgan fingerprint density at radius 3 is 2.53 bits per heavy atom. The van der Waals surface area contributed by atoms with Crippen molar-refractivity contribution in [2.75, 3.05) is 13.7 Å². The fourth-order valence-corrected chi connectivity index (χ4v) is 2.03. The average Bonchev–Trinajstić information content (AvgIpc) is 3.05. The van der Waals surface area contributed by atoms with Gasteiger partial charge < -0.3 is 10.1 Å². The lowest BCUT2D eigenvalue weighted by Crippen LogP contribution is -2.30. The SMILES string of the molecule is CCNC(CCC1CC1)CCC(C)OC. The molecule has 0 aromatic carbocycles. The largest absolute Gasteiger partial charge is 0.382 e. The van der Waals surface area contributed by atoms with E-state index in [4.69, 9.17) is 4.74 Å². The standard InChI is InChI=1S/C13H27NO/c1-4-14-13(9-5-11(2)15-3)10-8-12-6-7-12/h11-14H,4-10H2,1-3H3. The van der Waals surface area contributed by atoms with Crippen molar-refractivity contribution in [3.8, 4) is 0 Å². The number of hydrogen-bond donors (Lipinski definition) is 1. The van der Waals surface area contributed by atoms with Gasteiger partial charge >= 0.3 is 0 Å². The highest BCUT2D eigenvalue weighted by molar-refractivity contribution is 4.77. The van der Waals surface area contributed by atoms with Crippen LogP contribution in [0.3, 0.4) is 0 Å². The van der Waals surface area contributed by atoms with Crippen LogP contribution in [0.2, 0.25) is 0 Å². The lowest BCUT2D eigenvalue weighted by Gasteiger charge is -2.19. The highest BCUT2D eigenvalue weighted by atomic mass is 16.5. The fraction of sp³-hybridized carbons (Fsp3) is 1.00. The van der Waals surface area contributed by atoms with Gasteiger partial charge in [0.2, 0.25) is 0 Å². The second-order valence-electron chi connectivity index (χ2n) is 4.90. The second kappa shape index (κ2) is 7.24. The van der Waals surface area contributed by atoms with Crippen molar-refractivity contribution >= 4 is 0 Å². The van der Waals surface area contributed by atoms with Gasteiger partial charge in [0, 0.05) is 13.2 Å². The molecule has 1 fully saturated rings. The third kappa shape index (κ3) is 6.16. The Hall–Kier alpha value is -0.0800. The molecule has 1 aliphatic rings. The lowest BCUT2D eigenvalue weighted by atomic mass is 10.0. The van der Waals surface area contributed by atoms with Crippen LogP contribution in [0.5, 0.6) is 0 Å². The van der Waals surface area contributed by atoms with Gasteiger partial charge in [-0.2, -0.15) is 0 Å². The van der Waals surface area contributed by atoms with Crippen molar-refractivity contribution in [1.29, 1.82) is 0 Å². The number of hydrogen-bond acceptors (Lipinski definition) is 2. The van der Waals surface area contributed by atoms with Crippen LogP contribution in [0.1, 0.15) is 52.4 Å². The van der Waals surface area contributed by atoms with Crippen molar-refractivity contribution < 1.29 is 4.74 Å². The Kier molecular flexibility index (Phi) is 6.26. The van der Waals surface area contributed by atoms with Crippen molar-refractivity contribution in [2.24, 2.45) is 5.92 Å². The molecule has 0 saturated heterocycles. The van der Waals surface area contributed by atoms with Gasteiger partial charge in [-0.3, -0.25) is 0 Å². The summed E-state index contributed by atoms with van der Waals surface area (Å²) in [5, 5.41) is 3.59. The second-order valence-corrected chi connectivity index (χ2v) is 4.90. The van der Waals surface area contributed by atoms with Crippen LogP contribution in [0, 0.1) is 5.92 Å². The van der Waals surface area contributed by atoms with E-state index in [1.807, 2.05) is 0 Å². The number of methoxy groups -OCH3 is 1. The Bertz CT molecular complexity index is 157. The molecule has 0 aliphatic heterocycles. The highest BCUT2D eigenvalue weighted by Crippen LogP contribution is 2.34. The monoisotopic (exact) mass is 213 g/mol. The molecular weight excluding hydrogens is 186 g/mol. The van der Waals surface area contributed by atoms with Crippen LogP contribution in [-0.2, 0) is 4.74 Å². The fourth-order valence-electron chi connectivity index (χ4n) is 2.03. The molecule has 2 atom stereocenters. The van der Waals surface area contributed by atoms with E-state index >= 15 is 0 Å². The Morgan fingerprint density at radius 1 is 1.27 bits per heavy atom. The third-order valence-corrected chi connectivity index (χ3v) is 3.44. The summed E-state index contributed by atoms with van der Waals surface area (Å²) in [6.45, 7) is 5.45. The van der Waals surface area contributed by atoms with Crippen molar-refractivity contribution in [3.05, 3.63) is 0 Å². The van der Waals surface area contributed by atoms with E-state index in [2.05, 4.69) is 19.2 Å². The Balaban J connectivity index is 2.10. The molecule has 0 radical (unpaired) electrons. The molecule has 1 rings (SSSR count). The van der Waals surface area contributed by atoms with Gasteiger partial charge in [0.15, 0.2) is 0 Å². The zero-order valence-corrected chi connectivity index (χ0v) is 10.6. The molecule has 0 aromatic heterocycles. The molecule has 90 valence electrons. The van der Waals surface area contributed by atoms with Gasteiger partial charge in [-0.25, -0.2) is 0 Å². The summed E-state index contributed by atoms with van der Waals surface area (Å²) in [6.07, 6.45) is 8.59. The number of ether oxygens (including phenoxy) is 1. The molecule has 0 bridgehead atoms. The lowest BCUT2D eigenvalue weighted by molar-refractivity contribution is 0.105. The van der Waals surface area contributed by atoms with Gasteiger partial charge in [-0.05, 0) is 45.1 Å². The van der Waals surface area contributed by atoms with Crippen LogP contribution in [0.15, 0.2) is 0 Å². The first-order valence-electron chi connectivity index (χ1n) is 6.52. The summed E-state index contributed by atoms with van der Waals surface area (Å²) in [6, 6.07) is 0.716. The zero-order chi connectivity index (χ0) is 11.1. The van der Waals surface area contributed by atoms with Gasteiger partial charge in [0.25, 0.3) is 0 Å². The van der Waals surface area contributed by atoms with Gasteiger partial charge in [0.05, 0.1) is 6.10 Å². The Labute approximate surface area is 94.8 Å². The molecule has 1 saturated carbocycles. The third-order valence-electron chi connectivity index (χ3n) is 3.44. The summed E-state index contributed by atoms with van der Waals surface area (Å²) in [5.41, 5.74) is 0. The summed E-state index contributed by atoms with van der Waals surface area (Å²) in [5.74, 6) is 1.06. The summed E-state index contributed by atoms with van der Waals surface area (Å²) in [4.78, 5) is 0. The van der Waals surface area contributed by atoms with E-state index in [0.717, 1.165) is 12.5 Å². The van der Waals surface area contributed by atoms with E-state index in [-0.39, 0.29) is 0 Å². The molecule has 1 N–H and O–H groups in total. The predicted octanol–water partition coefficient (Wildman–Crippen LogP) is 2.97. The molecule has 1 aliphatic carbocycles. The highest BCUT2D eigenvalue weighted by Gasteiger charge is 2.22. The van der Waals surface area contributed by atoms with Gasteiger partial charge in [0.1, 0.15) is 0 Å². The van der Waals surface area contributed by atoms with Crippen LogP contribution in [0.4, 0.5) is 0 Å². The minimum Gasteiger partial charge on any atom is -0.382 e. The average molecular weight is 213 g/mol. The van der Waals surface area contributed by atoms with Crippen LogP contribution in [0.25, 0.3) is 0 Å².